The molecular weight excluding hydrogens is 382 g/mol. The van der Waals surface area contributed by atoms with E-state index in [1.165, 1.54) is 10.6 Å². The maximum atomic E-state index is 12.5. The number of hydrogen-bond donors (Lipinski definition) is 1. The summed E-state index contributed by atoms with van der Waals surface area (Å²) in [6.45, 7) is 4.02. The molecule has 2 amide bonds. The van der Waals surface area contributed by atoms with Crippen LogP contribution in [-0.2, 0) is 9.59 Å². The summed E-state index contributed by atoms with van der Waals surface area (Å²) in [5.41, 5.74) is 3.99. The molecule has 0 fully saturated rings. The first-order chi connectivity index (χ1) is 11.9. The van der Waals surface area contributed by atoms with Gasteiger partial charge in [0.15, 0.2) is 0 Å². The number of benzene rings is 2. The highest BCUT2D eigenvalue weighted by molar-refractivity contribution is 9.10. The minimum Gasteiger partial charge on any atom is -0.321 e. The zero-order chi connectivity index (χ0) is 18.0. The lowest BCUT2D eigenvalue weighted by Gasteiger charge is -2.23. The summed E-state index contributed by atoms with van der Waals surface area (Å²) in [6.07, 6.45) is 0.595. The summed E-state index contributed by atoms with van der Waals surface area (Å²) in [6, 6.07) is 13.0. The van der Waals surface area contributed by atoms with Crippen LogP contribution in [0.25, 0.3) is 0 Å². The van der Waals surface area contributed by atoms with Crippen molar-refractivity contribution in [1.29, 1.82) is 0 Å². The number of nitrogens with zero attached hydrogens (tertiary/aromatic N) is 2. The summed E-state index contributed by atoms with van der Waals surface area (Å²) >= 11 is 3.36. The largest absolute Gasteiger partial charge is 0.321 e. The molecule has 0 aromatic heterocycles. The third-order valence-electron chi connectivity index (χ3n) is 4.13. The fourth-order valence-corrected chi connectivity index (χ4v) is 2.79. The van der Waals surface area contributed by atoms with E-state index in [0.717, 1.165) is 15.7 Å². The molecule has 1 heterocycles. The number of carbonyl (C=O) groups excluding carboxylic acids is 2. The van der Waals surface area contributed by atoms with E-state index in [4.69, 9.17) is 0 Å². The van der Waals surface area contributed by atoms with Crippen LogP contribution >= 0.6 is 15.9 Å². The predicted octanol–water partition coefficient (Wildman–Crippen LogP) is 4.19. The van der Waals surface area contributed by atoms with Crippen molar-refractivity contribution in [3.63, 3.8) is 0 Å². The molecule has 1 aliphatic rings. The minimum atomic E-state index is -0.280. The van der Waals surface area contributed by atoms with Gasteiger partial charge < -0.3 is 5.32 Å². The second kappa shape index (κ2) is 7.19. The Morgan fingerprint density at radius 3 is 2.48 bits per heavy atom. The van der Waals surface area contributed by atoms with Crippen LogP contribution in [0.4, 0.5) is 11.4 Å². The molecule has 0 atom stereocenters. The number of aryl methyl sites for hydroxylation is 2. The lowest BCUT2D eigenvalue weighted by Crippen LogP contribution is -2.36. The van der Waals surface area contributed by atoms with Gasteiger partial charge in [-0.15, -0.1) is 0 Å². The van der Waals surface area contributed by atoms with Crippen molar-refractivity contribution < 1.29 is 9.59 Å². The zero-order valence-electron chi connectivity index (χ0n) is 14.0. The van der Waals surface area contributed by atoms with Crippen molar-refractivity contribution in [2.45, 2.75) is 26.7 Å². The van der Waals surface area contributed by atoms with Crippen LogP contribution in [-0.4, -0.2) is 17.5 Å². The Bertz CT molecular complexity index is 859. The standard InChI is InChI=1S/C19H18BrN3O2/c1-12-3-6-15(11-13(12)2)21-19(25)17-9-10-18(24)23(22-17)16-7-4-14(20)5-8-16/h3-8,11H,9-10H2,1-2H3,(H,21,25). The van der Waals surface area contributed by atoms with Gasteiger partial charge in [0.25, 0.3) is 5.91 Å². The minimum absolute atomic E-state index is 0.120. The monoisotopic (exact) mass is 399 g/mol. The normalized spacial score (nSPS) is 14.3. The van der Waals surface area contributed by atoms with Crippen LogP contribution in [0.2, 0.25) is 0 Å². The number of nitrogens with one attached hydrogen (secondary N) is 1. The van der Waals surface area contributed by atoms with Gasteiger partial charge in [-0.2, -0.15) is 5.10 Å². The van der Waals surface area contributed by atoms with Gasteiger partial charge in [0.2, 0.25) is 5.91 Å². The second-order valence-corrected chi connectivity index (χ2v) is 6.90. The highest BCUT2D eigenvalue weighted by atomic mass is 79.9. The topological polar surface area (TPSA) is 61.8 Å². The highest BCUT2D eigenvalue weighted by Crippen LogP contribution is 2.23. The van der Waals surface area contributed by atoms with Gasteiger partial charge >= 0.3 is 0 Å². The zero-order valence-corrected chi connectivity index (χ0v) is 15.6. The van der Waals surface area contributed by atoms with Gasteiger partial charge in [-0.3, -0.25) is 9.59 Å². The van der Waals surface area contributed by atoms with Gasteiger partial charge in [0.1, 0.15) is 5.71 Å². The molecule has 1 aliphatic heterocycles. The molecule has 6 heteroatoms. The van der Waals surface area contributed by atoms with Crippen LogP contribution in [0.3, 0.4) is 0 Å². The predicted molar refractivity (Wildman–Crippen MR) is 103 cm³/mol. The molecule has 3 rings (SSSR count). The third-order valence-corrected chi connectivity index (χ3v) is 4.66. The average Bonchev–Trinajstić information content (AvgIpc) is 2.59. The molecule has 0 spiro atoms. The highest BCUT2D eigenvalue weighted by Gasteiger charge is 2.25. The number of carbonyl (C=O) groups is 2. The number of halogens is 1. The molecule has 2 aromatic rings. The maximum Gasteiger partial charge on any atom is 0.271 e. The number of hydrazone groups is 1. The number of hydrogen-bond acceptors (Lipinski definition) is 3. The maximum absolute atomic E-state index is 12.5. The summed E-state index contributed by atoms with van der Waals surface area (Å²) in [4.78, 5) is 24.7. The Morgan fingerprint density at radius 2 is 1.80 bits per heavy atom. The lowest BCUT2D eigenvalue weighted by atomic mass is 10.1. The molecule has 0 bridgehead atoms. The molecule has 0 aliphatic carbocycles. The molecule has 0 unspecified atom stereocenters. The van der Waals surface area contributed by atoms with E-state index in [2.05, 4.69) is 26.3 Å². The first kappa shape index (κ1) is 17.4. The molecule has 1 N–H and O–H groups in total. The summed E-state index contributed by atoms with van der Waals surface area (Å²) in [5.74, 6) is -0.400. The van der Waals surface area contributed by atoms with Crippen molar-refractivity contribution in [2.24, 2.45) is 5.10 Å². The van der Waals surface area contributed by atoms with Gasteiger partial charge in [0.05, 0.1) is 5.69 Å². The van der Waals surface area contributed by atoms with Gasteiger partial charge in [-0.25, -0.2) is 5.01 Å². The molecule has 0 saturated heterocycles. The van der Waals surface area contributed by atoms with E-state index in [9.17, 15) is 9.59 Å². The SMILES string of the molecule is Cc1ccc(NC(=O)C2=NN(c3ccc(Br)cc3)C(=O)CC2)cc1C. The molecular formula is C19H18BrN3O2. The Kier molecular flexibility index (Phi) is 4.99. The second-order valence-electron chi connectivity index (χ2n) is 5.98. The van der Waals surface area contributed by atoms with Crippen molar-refractivity contribution in [3.05, 3.63) is 58.1 Å². The Hall–Kier alpha value is -2.47. The summed E-state index contributed by atoms with van der Waals surface area (Å²) < 4.78 is 0.914. The van der Waals surface area contributed by atoms with Gasteiger partial charge in [-0.05, 0) is 61.4 Å². The quantitative estimate of drug-likeness (QED) is 0.840. The summed E-state index contributed by atoms with van der Waals surface area (Å²) in [5, 5.41) is 8.43. The number of rotatable bonds is 3. The number of anilines is 2. The van der Waals surface area contributed by atoms with E-state index < -0.39 is 0 Å². The van der Waals surface area contributed by atoms with E-state index in [-0.39, 0.29) is 18.2 Å². The van der Waals surface area contributed by atoms with Crippen molar-refractivity contribution in [1.82, 2.24) is 0 Å². The first-order valence-electron chi connectivity index (χ1n) is 7.98. The fourth-order valence-electron chi connectivity index (χ4n) is 2.52. The van der Waals surface area contributed by atoms with E-state index in [0.29, 0.717) is 17.8 Å². The van der Waals surface area contributed by atoms with Gasteiger partial charge in [-0.1, -0.05) is 22.0 Å². The van der Waals surface area contributed by atoms with Crippen LogP contribution < -0.4 is 10.3 Å². The van der Waals surface area contributed by atoms with Crippen molar-refractivity contribution in [3.8, 4) is 0 Å². The van der Waals surface area contributed by atoms with Gasteiger partial charge in [0, 0.05) is 23.0 Å². The molecule has 0 radical (unpaired) electrons. The summed E-state index contributed by atoms with van der Waals surface area (Å²) in [7, 11) is 0. The van der Waals surface area contributed by atoms with E-state index in [1.54, 1.807) is 12.1 Å². The lowest BCUT2D eigenvalue weighted by molar-refractivity contribution is -0.118. The van der Waals surface area contributed by atoms with E-state index in [1.807, 2.05) is 44.2 Å². The Labute approximate surface area is 154 Å². The molecule has 5 nitrogen and oxygen atoms in total. The average molecular weight is 400 g/mol. The van der Waals surface area contributed by atoms with Crippen molar-refractivity contribution >= 4 is 44.8 Å². The Morgan fingerprint density at radius 1 is 1.08 bits per heavy atom. The molecule has 2 aromatic carbocycles. The van der Waals surface area contributed by atoms with Crippen LogP contribution in [0, 0.1) is 13.8 Å². The number of amides is 2. The van der Waals surface area contributed by atoms with E-state index >= 15 is 0 Å². The molecule has 0 saturated carbocycles. The fraction of sp³-hybridized carbons (Fsp3) is 0.211. The molecule has 128 valence electrons. The van der Waals surface area contributed by atoms with Crippen LogP contribution in [0.1, 0.15) is 24.0 Å². The van der Waals surface area contributed by atoms with Crippen LogP contribution in [0.5, 0.6) is 0 Å². The Balaban J connectivity index is 1.81. The molecule has 25 heavy (non-hydrogen) atoms. The third kappa shape index (κ3) is 3.96. The van der Waals surface area contributed by atoms with Crippen molar-refractivity contribution in [2.75, 3.05) is 10.3 Å². The smallest absolute Gasteiger partial charge is 0.271 e. The first-order valence-corrected chi connectivity index (χ1v) is 8.78. The van der Waals surface area contributed by atoms with Crippen LogP contribution in [0.15, 0.2) is 52.0 Å².